The molecular weight excluding hydrogens is 258 g/mol. The number of aromatic nitrogens is 3. The lowest BCUT2D eigenvalue weighted by atomic mass is 9.89. The van der Waals surface area contributed by atoms with E-state index in [9.17, 15) is 5.11 Å². The minimum absolute atomic E-state index is 0.150. The predicted molar refractivity (Wildman–Crippen MR) is 59.5 cm³/mol. The minimum atomic E-state index is -0.150. The zero-order chi connectivity index (χ0) is 10.4. The summed E-state index contributed by atoms with van der Waals surface area (Å²) in [5.41, 5.74) is 1.79. The minimum Gasteiger partial charge on any atom is -0.393 e. The van der Waals surface area contributed by atoms with Crippen molar-refractivity contribution >= 4 is 27.1 Å². The number of nitrogens with zero attached hydrogens (tertiary/aromatic N) is 3. The molecule has 1 fully saturated rings. The fourth-order valence-electron chi connectivity index (χ4n) is 1.95. The highest BCUT2D eigenvalue weighted by molar-refractivity contribution is 9.10. The Labute approximate surface area is 95.1 Å². The van der Waals surface area contributed by atoms with Crippen LogP contribution in [0.2, 0.25) is 0 Å². The molecule has 0 bridgehead atoms. The lowest BCUT2D eigenvalue weighted by molar-refractivity contribution is 0.0499. The zero-order valence-electron chi connectivity index (χ0n) is 7.97. The normalized spacial score (nSPS) is 25.5. The van der Waals surface area contributed by atoms with Gasteiger partial charge in [0.25, 0.3) is 0 Å². The fourth-order valence-corrected chi connectivity index (χ4v) is 2.27. The molecule has 15 heavy (non-hydrogen) atoms. The first kappa shape index (κ1) is 9.30. The summed E-state index contributed by atoms with van der Waals surface area (Å²) >= 11 is 3.37. The summed E-state index contributed by atoms with van der Waals surface area (Å²) in [6.07, 6.45) is 5.05. The van der Waals surface area contributed by atoms with Crippen molar-refractivity contribution in [3.05, 3.63) is 23.1 Å². The van der Waals surface area contributed by atoms with Crippen molar-refractivity contribution in [2.75, 3.05) is 0 Å². The van der Waals surface area contributed by atoms with Gasteiger partial charge in [-0.15, -0.1) is 0 Å². The molecule has 0 spiro atoms. The zero-order valence-corrected chi connectivity index (χ0v) is 9.55. The topological polar surface area (TPSA) is 50.9 Å². The van der Waals surface area contributed by atoms with Crippen LogP contribution in [0.3, 0.4) is 0 Å². The van der Waals surface area contributed by atoms with E-state index in [0.717, 1.165) is 28.5 Å². The smallest absolute Gasteiger partial charge is 0.160 e. The number of hydrogen-bond acceptors (Lipinski definition) is 3. The molecule has 5 heteroatoms. The fraction of sp³-hybridized carbons (Fsp3) is 0.400. The van der Waals surface area contributed by atoms with Crippen molar-refractivity contribution in [3.8, 4) is 0 Å². The molecule has 1 aliphatic carbocycles. The molecule has 0 atom stereocenters. The Hall–Kier alpha value is -0.940. The average Bonchev–Trinajstić information content (AvgIpc) is 2.55. The van der Waals surface area contributed by atoms with Gasteiger partial charge >= 0.3 is 0 Å². The van der Waals surface area contributed by atoms with E-state index in [2.05, 4.69) is 30.5 Å². The summed E-state index contributed by atoms with van der Waals surface area (Å²) in [4.78, 5) is 8.64. The molecule has 0 saturated heterocycles. The summed E-state index contributed by atoms with van der Waals surface area (Å²) < 4.78 is 2.99. The lowest BCUT2D eigenvalue weighted by Crippen LogP contribution is -2.30. The molecule has 1 saturated carbocycles. The van der Waals surface area contributed by atoms with Crippen molar-refractivity contribution in [1.82, 2.24) is 14.5 Å². The number of halogens is 1. The monoisotopic (exact) mass is 267 g/mol. The first-order chi connectivity index (χ1) is 7.24. The highest BCUT2D eigenvalue weighted by Crippen LogP contribution is 2.34. The van der Waals surface area contributed by atoms with Gasteiger partial charge in [0.1, 0.15) is 5.52 Å². The van der Waals surface area contributed by atoms with E-state index in [1.165, 1.54) is 0 Å². The molecule has 0 aromatic carbocycles. The second-order valence-corrected chi connectivity index (χ2v) is 4.84. The summed E-state index contributed by atoms with van der Waals surface area (Å²) in [5.74, 6) is 0. The third kappa shape index (κ3) is 1.46. The summed E-state index contributed by atoms with van der Waals surface area (Å²) in [6.45, 7) is 0. The molecule has 2 aromatic heterocycles. The molecule has 2 heterocycles. The van der Waals surface area contributed by atoms with E-state index in [4.69, 9.17) is 0 Å². The van der Waals surface area contributed by atoms with Crippen LogP contribution in [0.1, 0.15) is 18.9 Å². The molecule has 4 nitrogen and oxygen atoms in total. The molecular formula is C10H10BrN3O. The molecule has 0 aliphatic heterocycles. The van der Waals surface area contributed by atoms with E-state index >= 15 is 0 Å². The van der Waals surface area contributed by atoms with Crippen LogP contribution in [0.4, 0.5) is 0 Å². The molecule has 0 amide bonds. The van der Waals surface area contributed by atoms with E-state index in [0.29, 0.717) is 6.04 Å². The Morgan fingerprint density at radius 2 is 2.20 bits per heavy atom. The van der Waals surface area contributed by atoms with Gasteiger partial charge in [-0.2, -0.15) is 0 Å². The Kier molecular flexibility index (Phi) is 2.03. The van der Waals surface area contributed by atoms with Gasteiger partial charge in [-0.1, -0.05) is 0 Å². The van der Waals surface area contributed by atoms with Crippen molar-refractivity contribution in [2.24, 2.45) is 0 Å². The van der Waals surface area contributed by atoms with Crippen LogP contribution < -0.4 is 0 Å². The largest absolute Gasteiger partial charge is 0.393 e. The maximum absolute atomic E-state index is 9.27. The van der Waals surface area contributed by atoms with Crippen molar-refractivity contribution in [2.45, 2.75) is 25.0 Å². The molecule has 3 rings (SSSR count). The maximum atomic E-state index is 9.27. The van der Waals surface area contributed by atoms with Gasteiger partial charge in [0.2, 0.25) is 0 Å². The highest BCUT2D eigenvalue weighted by atomic mass is 79.9. The van der Waals surface area contributed by atoms with Crippen LogP contribution in [0, 0.1) is 0 Å². The molecule has 2 aromatic rings. The van der Waals surface area contributed by atoms with Crippen LogP contribution in [0.25, 0.3) is 11.2 Å². The standard InChI is InChI=1S/C10H10BrN3O/c11-6-1-9-10(12-4-6)14(5-13-9)7-2-8(15)3-7/h1,4-5,7-8,15H,2-3H2/t7-,8+. The Morgan fingerprint density at radius 1 is 1.40 bits per heavy atom. The second kappa shape index (κ2) is 3.28. The number of pyridine rings is 1. The van der Waals surface area contributed by atoms with Gasteiger partial charge in [0.15, 0.2) is 5.65 Å². The number of rotatable bonds is 1. The number of fused-ring (bicyclic) bond motifs is 1. The third-order valence-electron chi connectivity index (χ3n) is 2.86. The molecule has 78 valence electrons. The molecule has 0 unspecified atom stereocenters. The quantitative estimate of drug-likeness (QED) is 0.859. The second-order valence-electron chi connectivity index (χ2n) is 3.93. The van der Waals surface area contributed by atoms with Crippen LogP contribution in [0.5, 0.6) is 0 Å². The van der Waals surface area contributed by atoms with E-state index in [-0.39, 0.29) is 6.10 Å². The summed E-state index contributed by atoms with van der Waals surface area (Å²) in [5, 5.41) is 9.27. The van der Waals surface area contributed by atoms with Crippen LogP contribution in [0.15, 0.2) is 23.1 Å². The third-order valence-corrected chi connectivity index (χ3v) is 3.30. The number of hydrogen-bond donors (Lipinski definition) is 1. The Bertz CT molecular complexity index is 504. The van der Waals surface area contributed by atoms with E-state index in [1.54, 1.807) is 12.5 Å². The van der Waals surface area contributed by atoms with Crippen molar-refractivity contribution < 1.29 is 5.11 Å². The average molecular weight is 268 g/mol. The van der Waals surface area contributed by atoms with Crippen LogP contribution in [-0.2, 0) is 0 Å². The van der Waals surface area contributed by atoms with Crippen LogP contribution >= 0.6 is 15.9 Å². The molecule has 1 aliphatic rings. The van der Waals surface area contributed by atoms with E-state index in [1.807, 2.05) is 6.07 Å². The van der Waals surface area contributed by atoms with Crippen molar-refractivity contribution in [1.29, 1.82) is 0 Å². The van der Waals surface area contributed by atoms with E-state index < -0.39 is 0 Å². The van der Waals surface area contributed by atoms with Gasteiger partial charge in [0, 0.05) is 16.7 Å². The van der Waals surface area contributed by atoms with Crippen LogP contribution in [-0.4, -0.2) is 25.7 Å². The van der Waals surface area contributed by atoms with Gasteiger partial charge < -0.3 is 9.67 Å². The number of aliphatic hydroxyl groups is 1. The van der Waals surface area contributed by atoms with Crippen molar-refractivity contribution in [3.63, 3.8) is 0 Å². The first-order valence-corrected chi connectivity index (χ1v) is 5.69. The van der Waals surface area contributed by atoms with Gasteiger partial charge in [-0.25, -0.2) is 9.97 Å². The van der Waals surface area contributed by atoms with Gasteiger partial charge in [-0.3, -0.25) is 0 Å². The lowest BCUT2D eigenvalue weighted by Gasteiger charge is -2.32. The van der Waals surface area contributed by atoms with Gasteiger partial charge in [0.05, 0.1) is 12.4 Å². The predicted octanol–water partition coefficient (Wildman–Crippen LogP) is 1.89. The summed E-state index contributed by atoms with van der Waals surface area (Å²) in [7, 11) is 0. The maximum Gasteiger partial charge on any atom is 0.160 e. The molecule has 0 radical (unpaired) electrons. The number of aliphatic hydroxyl groups excluding tert-OH is 1. The Morgan fingerprint density at radius 3 is 2.93 bits per heavy atom. The first-order valence-electron chi connectivity index (χ1n) is 4.90. The highest BCUT2D eigenvalue weighted by Gasteiger charge is 2.29. The van der Waals surface area contributed by atoms with Gasteiger partial charge in [-0.05, 0) is 34.8 Å². The SMILES string of the molecule is O[C@H]1C[C@@H](n2cnc3cc(Br)cnc32)C1. The summed E-state index contributed by atoms with van der Waals surface area (Å²) in [6, 6.07) is 2.31. The number of imidazole rings is 1. The Balaban J connectivity index is 2.05. The molecule has 1 N–H and O–H groups in total.